The van der Waals surface area contributed by atoms with Crippen LogP contribution in [0, 0.1) is 18.3 Å². The molecule has 0 spiro atoms. The number of carbonyl (C=O) groups excluding carboxylic acids is 1. The van der Waals surface area contributed by atoms with E-state index in [1.165, 1.54) is 0 Å². The third kappa shape index (κ3) is 1.05. The van der Waals surface area contributed by atoms with Gasteiger partial charge >= 0.3 is 0 Å². The molecule has 1 aliphatic heterocycles. The molecule has 1 amide bonds. The van der Waals surface area contributed by atoms with Crippen molar-refractivity contribution < 1.29 is 4.79 Å². The molecule has 0 bridgehead atoms. The van der Waals surface area contributed by atoms with Crippen molar-refractivity contribution in [3.63, 3.8) is 0 Å². The Balaban J connectivity index is 2.29. The number of hydrogen-bond donors (Lipinski definition) is 0. The molecule has 1 heterocycles. The van der Waals surface area contributed by atoms with Crippen molar-refractivity contribution >= 4 is 5.91 Å². The van der Waals surface area contributed by atoms with E-state index in [0.29, 0.717) is 5.92 Å². The van der Waals surface area contributed by atoms with Crippen molar-refractivity contribution in [2.75, 3.05) is 13.1 Å². The highest BCUT2D eigenvalue weighted by atomic mass is 16.2. The molecule has 2 nitrogen and oxygen atoms in total. The highest BCUT2D eigenvalue weighted by Crippen LogP contribution is 2.13. The Morgan fingerprint density at radius 3 is 2.67 bits per heavy atom. The molecule has 1 rings (SSSR count). The van der Waals surface area contributed by atoms with Crippen LogP contribution >= 0.6 is 0 Å². The van der Waals surface area contributed by atoms with Gasteiger partial charge in [0.1, 0.15) is 0 Å². The summed E-state index contributed by atoms with van der Waals surface area (Å²) in [5, 5.41) is 0. The molecule has 48 valence electrons. The molecular weight excluding hydrogens is 114 g/mol. The molecule has 0 aromatic heterocycles. The van der Waals surface area contributed by atoms with Crippen LogP contribution in [-0.2, 0) is 4.79 Å². The first-order valence-electron chi connectivity index (χ1n) is 2.95. The Bertz CT molecular complexity index is 162. The van der Waals surface area contributed by atoms with Crippen molar-refractivity contribution in [1.82, 2.24) is 4.90 Å². The van der Waals surface area contributed by atoms with Crippen LogP contribution in [0.25, 0.3) is 0 Å². The maximum absolute atomic E-state index is 10.5. The van der Waals surface area contributed by atoms with Gasteiger partial charge in [-0.3, -0.25) is 4.79 Å². The lowest BCUT2D eigenvalue weighted by molar-refractivity contribution is -0.133. The maximum Gasteiger partial charge on any atom is 0.219 e. The molecule has 0 aliphatic carbocycles. The average molecular weight is 123 g/mol. The minimum atomic E-state index is 0.126. The van der Waals surface area contributed by atoms with Crippen LogP contribution in [-0.4, -0.2) is 23.9 Å². The van der Waals surface area contributed by atoms with E-state index in [9.17, 15) is 4.79 Å². The van der Waals surface area contributed by atoms with E-state index in [1.807, 2.05) is 0 Å². The number of likely N-dealkylation sites (tertiary alicyclic amines) is 1. The minimum Gasteiger partial charge on any atom is -0.340 e. The number of amides is 1. The van der Waals surface area contributed by atoms with Crippen LogP contribution in [0.15, 0.2) is 0 Å². The molecule has 1 aliphatic rings. The van der Waals surface area contributed by atoms with Gasteiger partial charge in [-0.25, -0.2) is 0 Å². The van der Waals surface area contributed by atoms with Gasteiger partial charge in [0.05, 0.1) is 5.92 Å². The fourth-order valence-electron chi connectivity index (χ4n) is 0.841. The molecule has 0 aromatic carbocycles. The average Bonchev–Trinajstić information content (AvgIpc) is 1.61. The summed E-state index contributed by atoms with van der Waals surface area (Å²) < 4.78 is 0. The first kappa shape index (κ1) is 6.15. The summed E-state index contributed by atoms with van der Waals surface area (Å²) in [4.78, 5) is 12.3. The van der Waals surface area contributed by atoms with Crippen LogP contribution in [0.4, 0.5) is 0 Å². The molecule has 0 unspecified atom stereocenters. The summed E-state index contributed by atoms with van der Waals surface area (Å²) in [5.41, 5.74) is 0. The van der Waals surface area contributed by atoms with Crippen molar-refractivity contribution in [3.8, 4) is 12.3 Å². The van der Waals surface area contributed by atoms with E-state index in [1.54, 1.807) is 11.8 Å². The SMILES string of the molecule is C#CC1CN(C(C)=O)C1. The summed E-state index contributed by atoms with van der Waals surface area (Å²) in [6.45, 7) is 3.07. The van der Waals surface area contributed by atoms with E-state index >= 15 is 0 Å². The minimum absolute atomic E-state index is 0.126. The third-order valence-corrected chi connectivity index (χ3v) is 1.56. The zero-order valence-corrected chi connectivity index (χ0v) is 5.42. The Hall–Kier alpha value is -0.970. The maximum atomic E-state index is 10.5. The molecule has 0 N–H and O–H groups in total. The Morgan fingerprint density at radius 1 is 1.78 bits per heavy atom. The van der Waals surface area contributed by atoms with Crippen molar-refractivity contribution in [2.45, 2.75) is 6.92 Å². The van der Waals surface area contributed by atoms with Crippen LogP contribution < -0.4 is 0 Å². The van der Waals surface area contributed by atoms with Crippen LogP contribution in [0.1, 0.15) is 6.92 Å². The quantitative estimate of drug-likeness (QED) is 0.418. The Kier molecular flexibility index (Phi) is 1.44. The van der Waals surface area contributed by atoms with Crippen LogP contribution in [0.3, 0.4) is 0 Å². The molecule has 1 saturated heterocycles. The molecule has 9 heavy (non-hydrogen) atoms. The molecule has 0 aromatic rings. The summed E-state index contributed by atoms with van der Waals surface area (Å²) in [7, 11) is 0. The predicted octanol–water partition coefficient (Wildman–Crippen LogP) is 0.0979. The van der Waals surface area contributed by atoms with Gasteiger partial charge in [-0.15, -0.1) is 6.42 Å². The highest BCUT2D eigenvalue weighted by Gasteiger charge is 2.26. The van der Waals surface area contributed by atoms with Gasteiger partial charge in [-0.05, 0) is 0 Å². The van der Waals surface area contributed by atoms with Gasteiger partial charge in [0, 0.05) is 20.0 Å². The van der Waals surface area contributed by atoms with Crippen molar-refractivity contribution in [2.24, 2.45) is 5.92 Å². The number of hydrogen-bond acceptors (Lipinski definition) is 1. The van der Waals surface area contributed by atoms with Crippen LogP contribution in [0.2, 0.25) is 0 Å². The van der Waals surface area contributed by atoms with Gasteiger partial charge < -0.3 is 4.90 Å². The van der Waals surface area contributed by atoms with Gasteiger partial charge in [-0.2, -0.15) is 0 Å². The van der Waals surface area contributed by atoms with Crippen LogP contribution in [0.5, 0.6) is 0 Å². The second kappa shape index (κ2) is 2.10. The lowest BCUT2D eigenvalue weighted by Crippen LogP contribution is -2.48. The third-order valence-electron chi connectivity index (χ3n) is 1.56. The van der Waals surface area contributed by atoms with Gasteiger partial charge in [0.15, 0.2) is 0 Å². The standard InChI is InChI=1S/C7H9NO/c1-3-7-4-8(5-7)6(2)9/h1,7H,4-5H2,2H3. The lowest BCUT2D eigenvalue weighted by Gasteiger charge is -2.35. The monoisotopic (exact) mass is 123 g/mol. The van der Waals surface area contributed by atoms with E-state index < -0.39 is 0 Å². The summed E-state index contributed by atoms with van der Waals surface area (Å²) in [6, 6.07) is 0. The molecule has 2 heteroatoms. The normalized spacial score (nSPS) is 18.4. The Labute approximate surface area is 54.8 Å². The van der Waals surface area contributed by atoms with Gasteiger partial charge in [0.25, 0.3) is 0 Å². The van der Waals surface area contributed by atoms with E-state index in [0.717, 1.165) is 13.1 Å². The molecule has 0 radical (unpaired) electrons. The second-order valence-corrected chi connectivity index (χ2v) is 2.29. The molecule has 0 saturated carbocycles. The van der Waals surface area contributed by atoms with E-state index in [-0.39, 0.29) is 5.91 Å². The first-order valence-corrected chi connectivity index (χ1v) is 2.95. The Morgan fingerprint density at radius 2 is 2.33 bits per heavy atom. The number of terminal acetylenes is 1. The summed E-state index contributed by atoms with van der Waals surface area (Å²) in [6.07, 6.45) is 5.11. The van der Waals surface area contributed by atoms with E-state index in [2.05, 4.69) is 5.92 Å². The molecular formula is C7H9NO. The summed E-state index contributed by atoms with van der Waals surface area (Å²) in [5.74, 6) is 3.03. The predicted molar refractivity (Wildman–Crippen MR) is 34.6 cm³/mol. The van der Waals surface area contributed by atoms with E-state index in [4.69, 9.17) is 6.42 Å². The zero-order chi connectivity index (χ0) is 6.85. The smallest absolute Gasteiger partial charge is 0.219 e. The second-order valence-electron chi connectivity index (χ2n) is 2.29. The topological polar surface area (TPSA) is 20.3 Å². The number of nitrogens with zero attached hydrogens (tertiary/aromatic N) is 1. The van der Waals surface area contributed by atoms with Gasteiger partial charge in [-0.1, -0.05) is 5.92 Å². The first-order chi connectivity index (χ1) is 4.24. The fraction of sp³-hybridized carbons (Fsp3) is 0.571. The molecule has 1 fully saturated rings. The lowest BCUT2D eigenvalue weighted by atomic mass is 10.0. The van der Waals surface area contributed by atoms with Crippen molar-refractivity contribution in [3.05, 3.63) is 0 Å². The largest absolute Gasteiger partial charge is 0.340 e. The fourth-order valence-corrected chi connectivity index (χ4v) is 0.841. The summed E-state index contributed by atoms with van der Waals surface area (Å²) >= 11 is 0. The number of rotatable bonds is 0. The zero-order valence-electron chi connectivity index (χ0n) is 5.42. The number of carbonyl (C=O) groups is 1. The highest BCUT2D eigenvalue weighted by molar-refractivity contribution is 5.74. The van der Waals surface area contributed by atoms with Crippen molar-refractivity contribution in [1.29, 1.82) is 0 Å². The molecule has 0 atom stereocenters. The van der Waals surface area contributed by atoms with Gasteiger partial charge in [0.2, 0.25) is 5.91 Å².